The monoisotopic (exact) mass is 392 g/mol. The van der Waals surface area contributed by atoms with Crippen molar-refractivity contribution in [1.82, 2.24) is 14.9 Å². The number of anilines is 1. The molecule has 4 aromatic rings. The molecule has 0 radical (unpaired) electrons. The van der Waals surface area contributed by atoms with Gasteiger partial charge in [0.15, 0.2) is 0 Å². The van der Waals surface area contributed by atoms with E-state index in [0.29, 0.717) is 33.0 Å². The first kappa shape index (κ1) is 18.3. The first-order valence-electron chi connectivity index (χ1n) is 8.90. The topological polar surface area (TPSA) is 78.1 Å². The van der Waals surface area contributed by atoms with Crippen LogP contribution in [0.3, 0.4) is 0 Å². The lowest BCUT2D eigenvalue weighted by Crippen LogP contribution is -2.18. The van der Waals surface area contributed by atoms with Crippen LogP contribution in [-0.4, -0.2) is 34.9 Å². The van der Waals surface area contributed by atoms with Gasteiger partial charge in [-0.1, -0.05) is 36.4 Å². The molecule has 2 N–H and O–H groups in total. The summed E-state index contributed by atoms with van der Waals surface area (Å²) in [6.45, 7) is 2.32. The molecule has 1 amide bonds. The number of amides is 1. The zero-order chi connectivity index (χ0) is 19.8. The maximum absolute atomic E-state index is 13.0. The van der Waals surface area contributed by atoms with Gasteiger partial charge in [0.25, 0.3) is 11.5 Å². The van der Waals surface area contributed by atoms with Crippen LogP contribution in [0.4, 0.5) is 5.69 Å². The molecule has 142 valence electrons. The Morgan fingerprint density at radius 3 is 2.71 bits per heavy atom. The zero-order valence-electron chi connectivity index (χ0n) is 15.9. The molecule has 28 heavy (non-hydrogen) atoms. The lowest BCUT2D eigenvalue weighted by molar-refractivity contribution is 0.103. The Morgan fingerprint density at radius 2 is 1.93 bits per heavy atom. The van der Waals surface area contributed by atoms with Crippen LogP contribution in [-0.2, 0) is 6.54 Å². The van der Waals surface area contributed by atoms with Crippen molar-refractivity contribution in [3.8, 4) is 0 Å². The Morgan fingerprint density at radius 1 is 1.18 bits per heavy atom. The minimum atomic E-state index is -0.231. The molecule has 0 aliphatic carbocycles. The fourth-order valence-corrected chi connectivity index (χ4v) is 4.39. The molecule has 2 aromatic heterocycles. The van der Waals surface area contributed by atoms with Gasteiger partial charge in [0.1, 0.15) is 10.7 Å². The second kappa shape index (κ2) is 7.18. The number of H-pyrrole nitrogens is 1. The molecule has 6 nitrogen and oxygen atoms in total. The SMILES string of the molecule is Cc1c(C(=O)Nc2cccc3ccccc23)sc2nc(CN(C)C)[nH]c(=O)c12. The molecule has 0 atom stereocenters. The quantitative estimate of drug-likeness (QED) is 0.554. The summed E-state index contributed by atoms with van der Waals surface area (Å²) in [6.07, 6.45) is 0. The van der Waals surface area contributed by atoms with Crippen molar-refractivity contribution in [1.29, 1.82) is 0 Å². The highest BCUT2D eigenvalue weighted by atomic mass is 32.1. The van der Waals surface area contributed by atoms with Gasteiger partial charge in [0.05, 0.1) is 16.8 Å². The number of hydrogen-bond donors (Lipinski definition) is 2. The second-order valence-electron chi connectivity index (χ2n) is 6.97. The molecule has 0 spiro atoms. The molecule has 2 heterocycles. The van der Waals surface area contributed by atoms with Gasteiger partial charge in [-0.2, -0.15) is 0 Å². The molecule has 7 heteroatoms. The van der Waals surface area contributed by atoms with Crippen molar-refractivity contribution in [2.75, 3.05) is 19.4 Å². The van der Waals surface area contributed by atoms with Crippen LogP contribution < -0.4 is 10.9 Å². The van der Waals surface area contributed by atoms with Crippen molar-refractivity contribution in [3.05, 3.63) is 69.1 Å². The summed E-state index contributed by atoms with van der Waals surface area (Å²) < 4.78 is 0. The number of carbonyl (C=O) groups excluding carboxylic acids is 1. The fraction of sp³-hybridized carbons (Fsp3) is 0.190. The van der Waals surface area contributed by atoms with E-state index in [1.165, 1.54) is 11.3 Å². The third-order valence-electron chi connectivity index (χ3n) is 4.56. The van der Waals surface area contributed by atoms with Crippen LogP contribution in [0.25, 0.3) is 21.0 Å². The molecule has 4 rings (SSSR count). The number of benzene rings is 2. The number of nitrogens with zero attached hydrogens (tertiary/aromatic N) is 2. The number of hydrogen-bond acceptors (Lipinski definition) is 5. The van der Waals surface area contributed by atoms with Crippen LogP contribution in [0, 0.1) is 6.92 Å². The number of fused-ring (bicyclic) bond motifs is 2. The number of aromatic amines is 1. The van der Waals surface area contributed by atoms with E-state index in [1.807, 2.05) is 61.5 Å². The predicted octanol–water partition coefficient (Wildman–Crippen LogP) is 3.76. The van der Waals surface area contributed by atoms with Crippen LogP contribution in [0.1, 0.15) is 21.1 Å². The summed E-state index contributed by atoms with van der Waals surface area (Å²) in [5.41, 5.74) is 1.19. The second-order valence-corrected chi connectivity index (χ2v) is 7.97. The van der Waals surface area contributed by atoms with Gasteiger partial charge >= 0.3 is 0 Å². The highest BCUT2D eigenvalue weighted by molar-refractivity contribution is 7.20. The molecule has 0 aliphatic rings. The smallest absolute Gasteiger partial charge is 0.266 e. The number of aryl methyl sites for hydroxylation is 1. The van der Waals surface area contributed by atoms with E-state index in [-0.39, 0.29) is 11.5 Å². The molecule has 0 aliphatic heterocycles. The van der Waals surface area contributed by atoms with Crippen molar-refractivity contribution in [2.45, 2.75) is 13.5 Å². The largest absolute Gasteiger partial charge is 0.321 e. The highest BCUT2D eigenvalue weighted by Crippen LogP contribution is 2.29. The van der Waals surface area contributed by atoms with Crippen LogP contribution in [0.15, 0.2) is 47.3 Å². The average molecular weight is 392 g/mol. The van der Waals surface area contributed by atoms with Gasteiger partial charge in [0.2, 0.25) is 0 Å². The van der Waals surface area contributed by atoms with Crippen LogP contribution in [0.2, 0.25) is 0 Å². The molecule has 2 aromatic carbocycles. The van der Waals surface area contributed by atoms with Crippen LogP contribution in [0.5, 0.6) is 0 Å². The molecule has 0 unspecified atom stereocenters. The molecule has 0 saturated carbocycles. The van der Waals surface area contributed by atoms with E-state index in [2.05, 4.69) is 15.3 Å². The van der Waals surface area contributed by atoms with E-state index < -0.39 is 0 Å². The minimum Gasteiger partial charge on any atom is -0.321 e. The van der Waals surface area contributed by atoms with Crippen molar-refractivity contribution in [3.63, 3.8) is 0 Å². The first-order chi connectivity index (χ1) is 13.4. The van der Waals surface area contributed by atoms with Gasteiger partial charge in [-0.3, -0.25) is 9.59 Å². The Labute approximate surface area is 165 Å². The Balaban J connectivity index is 1.74. The standard InChI is InChI=1S/C21H20N4O2S/c1-12-17-19(26)23-16(11-25(2)3)24-21(17)28-18(12)20(27)22-15-10-6-8-13-7-4-5-9-14(13)15/h4-10H,11H2,1-3H3,(H,22,27)(H,23,24,26). The number of rotatable bonds is 4. The molecule has 0 saturated heterocycles. The highest BCUT2D eigenvalue weighted by Gasteiger charge is 2.20. The Bertz CT molecular complexity index is 1250. The summed E-state index contributed by atoms with van der Waals surface area (Å²) in [5, 5.41) is 5.50. The van der Waals surface area contributed by atoms with E-state index in [9.17, 15) is 9.59 Å². The van der Waals surface area contributed by atoms with E-state index in [0.717, 1.165) is 16.5 Å². The predicted molar refractivity (Wildman–Crippen MR) is 114 cm³/mol. The van der Waals surface area contributed by atoms with Gasteiger partial charge in [-0.15, -0.1) is 11.3 Å². The Hall–Kier alpha value is -3.03. The molecule has 0 fully saturated rings. The maximum atomic E-state index is 13.0. The van der Waals surface area contributed by atoms with E-state index in [4.69, 9.17) is 0 Å². The first-order valence-corrected chi connectivity index (χ1v) is 9.72. The molecular formula is C21H20N4O2S. The van der Waals surface area contributed by atoms with E-state index >= 15 is 0 Å². The summed E-state index contributed by atoms with van der Waals surface area (Å²) in [5.74, 6) is 0.357. The summed E-state index contributed by atoms with van der Waals surface area (Å²) in [7, 11) is 3.82. The summed E-state index contributed by atoms with van der Waals surface area (Å²) >= 11 is 1.25. The number of aromatic nitrogens is 2. The van der Waals surface area contributed by atoms with Crippen molar-refractivity contribution >= 4 is 43.9 Å². The number of nitrogens with one attached hydrogen (secondary N) is 2. The Kier molecular flexibility index (Phi) is 4.70. The van der Waals surface area contributed by atoms with Gasteiger partial charge in [-0.05, 0) is 38.0 Å². The summed E-state index contributed by atoms with van der Waals surface area (Å²) in [6, 6.07) is 13.7. The maximum Gasteiger partial charge on any atom is 0.266 e. The lowest BCUT2D eigenvalue weighted by Gasteiger charge is -2.08. The molecule has 0 bridgehead atoms. The third kappa shape index (κ3) is 3.30. The lowest BCUT2D eigenvalue weighted by atomic mass is 10.1. The van der Waals surface area contributed by atoms with Gasteiger partial charge in [-0.25, -0.2) is 4.98 Å². The van der Waals surface area contributed by atoms with Gasteiger partial charge < -0.3 is 15.2 Å². The number of thiophene rings is 1. The van der Waals surface area contributed by atoms with Crippen molar-refractivity contribution < 1.29 is 4.79 Å². The van der Waals surface area contributed by atoms with E-state index in [1.54, 1.807) is 6.92 Å². The number of carbonyl (C=O) groups is 1. The van der Waals surface area contributed by atoms with Crippen molar-refractivity contribution in [2.24, 2.45) is 0 Å². The average Bonchev–Trinajstić information content (AvgIpc) is 2.98. The van der Waals surface area contributed by atoms with Crippen LogP contribution >= 0.6 is 11.3 Å². The fourth-order valence-electron chi connectivity index (χ4n) is 3.29. The summed E-state index contributed by atoms with van der Waals surface area (Å²) in [4.78, 5) is 35.9. The zero-order valence-corrected chi connectivity index (χ0v) is 16.7. The third-order valence-corrected chi connectivity index (χ3v) is 5.74. The normalized spacial score (nSPS) is 11.4. The minimum absolute atomic E-state index is 0.209. The van der Waals surface area contributed by atoms with Gasteiger partial charge in [0, 0.05) is 11.1 Å². The molecular weight excluding hydrogens is 372 g/mol.